The van der Waals surface area contributed by atoms with Crippen LogP contribution in [0.1, 0.15) is 35.2 Å². The van der Waals surface area contributed by atoms with Crippen LogP contribution in [-0.2, 0) is 21.9 Å². The summed E-state index contributed by atoms with van der Waals surface area (Å²) in [7, 11) is 1.38. The van der Waals surface area contributed by atoms with E-state index < -0.39 is 12.0 Å². The Balaban J connectivity index is 1.44. The molecule has 0 amide bonds. The van der Waals surface area contributed by atoms with Gasteiger partial charge in [0.15, 0.2) is 0 Å². The smallest absolute Gasteiger partial charge is 0.338 e. The van der Waals surface area contributed by atoms with Crippen LogP contribution in [-0.4, -0.2) is 27.8 Å². The number of allylic oxidation sites excluding steroid dienone is 1. The maximum absolute atomic E-state index is 12.9. The molecule has 3 aromatic carbocycles. The van der Waals surface area contributed by atoms with E-state index in [4.69, 9.17) is 26.2 Å². The van der Waals surface area contributed by atoms with Crippen LogP contribution in [0, 0.1) is 6.92 Å². The van der Waals surface area contributed by atoms with E-state index in [9.17, 15) is 4.79 Å². The monoisotopic (exact) mass is 546 g/mol. The molecule has 0 bridgehead atoms. The largest absolute Gasteiger partial charge is 0.489 e. The van der Waals surface area contributed by atoms with Gasteiger partial charge in [-0.1, -0.05) is 83.5 Å². The Morgan fingerprint density at radius 2 is 1.87 bits per heavy atom. The van der Waals surface area contributed by atoms with Crippen LogP contribution < -0.4 is 10.1 Å². The van der Waals surface area contributed by atoms with Gasteiger partial charge in [-0.15, -0.1) is 5.10 Å². The Morgan fingerprint density at radius 1 is 1.08 bits per heavy atom. The number of fused-ring (bicyclic) bond motifs is 1. The molecule has 4 aromatic rings. The number of methoxy groups -OCH3 is 1. The van der Waals surface area contributed by atoms with Gasteiger partial charge in [-0.3, -0.25) is 0 Å². The van der Waals surface area contributed by atoms with E-state index in [-0.39, 0.29) is 0 Å². The third kappa shape index (κ3) is 5.56. The highest BCUT2D eigenvalue weighted by Gasteiger charge is 2.35. The summed E-state index contributed by atoms with van der Waals surface area (Å²) in [5, 5.41) is 9.26. The molecule has 0 fully saturated rings. The molecule has 9 heteroatoms. The number of carbonyl (C=O) groups is 1. The molecule has 1 aliphatic heterocycles. The second-order valence-corrected chi connectivity index (χ2v) is 10.3. The van der Waals surface area contributed by atoms with Gasteiger partial charge in [0.25, 0.3) is 0 Å². The number of anilines is 1. The van der Waals surface area contributed by atoms with Crippen molar-refractivity contribution in [2.75, 3.05) is 12.4 Å². The SMILES string of the molecule is COC(=O)C1=C(C)Nc2nc(SCc3ccccc3Cl)nn2C1c1cccc(OCc2ccc(C)cc2)c1. The van der Waals surface area contributed by atoms with Crippen molar-refractivity contribution in [2.45, 2.75) is 37.4 Å². The summed E-state index contributed by atoms with van der Waals surface area (Å²) in [5.74, 6) is 1.43. The van der Waals surface area contributed by atoms with Gasteiger partial charge in [-0.05, 0) is 48.7 Å². The van der Waals surface area contributed by atoms with E-state index in [0.29, 0.717) is 45.5 Å². The first-order valence-corrected chi connectivity index (χ1v) is 13.5. The Morgan fingerprint density at radius 3 is 2.63 bits per heavy atom. The van der Waals surface area contributed by atoms with Gasteiger partial charge in [0.1, 0.15) is 18.4 Å². The van der Waals surface area contributed by atoms with Gasteiger partial charge >= 0.3 is 5.97 Å². The Labute approximate surface area is 230 Å². The molecule has 1 atom stereocenters. The van der Waals surface area contributed by atoms with Crippen LogP contribution in [0.4, 0.5) is 5.95 Å². The molecular formula is C29H27ClN4O3S. The summed E-state index contributed by atoms with van der Waals surface area (Å²) in [6.07, 6.45) is 0. The average molecular weight is 547 g/mol. The molecular weight excluding hydrogens is 520 g/mol. The zero-order valence-corrected chi connectivity index (χ0v) is 22.8. The Hall–Kier alpha value is -3.75. The first-order chi connectivity index (χ1) is 18.4. The van der Waals surface area contributed by atoms with Crippen molar-refractivity contribution in [3.8, 4) is 5.75 Å². The van der Waals surface area contributed by atoms with E-state index in [0.717, 1.165) is 16.7 Å². The van der Waals surface area contributed by atoms with Crippen molar-refractivity contribution in [3.63, 3.8) is 0 Å². The number of aryl methyl sites for hydroxylation is 1. The van der Waals surface area contributed by atoms with Crippen LogP contribution >= 0.6 is 23.4 Å². The van der Waals surface area contributed by atoms with Crippen LogP contribution in [0.5, 0.6) is 5.75 Å². The number of ether oxygens (including phenoxy) is 2. The minimum absolute atomic E-state index is 0.433. The summed E-state index contributed by atoms with van der Waals surface area (Å²) < 4.78 is 13.0. The Bertz CT molecular complexity index is 1500. The van der Waals surface area contributed by atoms with Crippen molar-refractivity contribution in [1.29, 1.82) is 0 Å². The standard InChI is InChI=1S/C29H27ClN4O3S/c1-18-11-13-20(14-12-18)16-37-23-9-6-8-21(15-23)26-25(27(35)36-3)19(2)31-28-32-29(33-34(26)28)38-17-22-7-4-5-10-24(22)30/h4-15,26H,16-17H2,1-3H3,(H,31,32,33). The summed E-state index contributed by atoms with van der Waals surface area (Å²) in [6.45, 7) is 4.33. The minimum atomic E-state index is -0.538. The van der Waals surface area contributed by atoms with E-state index in [1.807, 2.05) is 55.5 Å². The quantitative estimate of drug-likeness (QED) is 0.198. The fourth-order valence-electron chi connectivity index (χ4n) is 4.26. The number of halogens is 1. The maximum atomic E-state index is 12.9. The molecule has 1 aromatic heterocycles. The lowest BCUT2D eigenvalue weighted by atomic mass is 9.95. The van der Waals surface area contributed by atoms with Crippen molar-refractivity contribution in [2.24, 2.45) is 0 Å². The molecule has 5 rings (SSSR count). The van der Waals surface area contributed by atoms with Gasteiger partial charge in [-0.25, -0.2) is 9.48 Å². The van der Waals surface area contributed by atoms with Crippen LogP contribution in [0.2, 0.25) is 5.02 Å². The predicted molar refractivity (Wildman–Crippen MR) is 149 cm³/mol. The van der Waals surface area contributed by atoms with E-state index in [1.54, 1.807) is 4.68 Å². The summed E-state index contributed by atoms with van der Waals surface area (Å²) >= 11 is 7.81. The molecule has 0 spiro atoms. The van der Waals surface area contributed by atoms with Gasteiger partial charge < -0.3 is 14.8 Å². The number of hydrogen-bond donors (Lipinski definition) is 1. The first-order valence-electron chi connectivity index (χ1n) is 12.1. The fourth-order valence-corrected chi connectivity index (χ4v) is 5.37. The molecule has 1 N–H and O–H groups in total. The third-order valence-corrected chi connectivity index (χ3v) is 7.51. The molecule has 2 heterocycles. The van der Waals surface area contributed by atoms with Gasteiger partial charge in [0.05, 0.1) is 12.7 Å². The normalized spacial score (nSPS) is 14.6. The van der Waals surface area contributed by atoms with Crippen LogP contribution in [0.3, 0.4) is 0 Å². The number of esters is 1. The minimum Gasteiger partial charge on any atom is -0.489 e. The molecule has 0 saturated carbocycles. The third-order valence-electron chi connectivity index (χ3n) is 6.25. The van der Waals surface area contributed by atoms with E-state index in [1.165, 1.54) is 24.4 Å². The number of rotatable bonds is 8. The van der Waals surface area contributed by atoms with Crippen LogP contribution in [0.15, 0.2) is 89.2 Å². The highest BCUT2D eigenvalue weighted by molar-refractivity contribution is 7.98. The number of hydrogen-bond acceptors (Lipinski definition) is 7. The molecule has 194 valence electrons. The fraction of sp³-hybridized carbons (Fsp3) is 0.207. The average Bonchev–Trinajstić information content (AvgIpc) is 3.33. The first kappa shape index (κ1) is 25.9. The molecule has 0 radical (unpaired) electrons. The molecule has 7 nitrogen and oxygen atoms in total. The van der Waals surface area contributed by atoms with Crippen molar-refractivity contribution in [1.82, 2.24) is 14.8 Å². The summed E-state index contributed by atoms with van der Waals surface area (Å²) in [6, 6.07) is 23.1. The molecule has 38 heavy (non-hydrogen) atoms. The van der Waals surface area contributed by atoms with Crippen molar-refractivity contribution in [3.05, 3.63) is 111 Å². The van der Waals surface area contributed by atoms with Crippen molar-refractivity contribution >= 4 is 35.3 Å². The van der Waals surface area contributed by atoms with Gasteiger partial charge in [0, 0.05) is 16.5 Å². The number of aromatic nitrogens is 3. The van der Waals surface area contributed by atoms with Gasteiger partial charge in [0.2, 0.25) is 11.1 Å². The van der Waals surface area contributed by atoms with Gasteiger partial charge in [-0.2, -0.15) is 4.98 Å². The van der Waals surface area contributed by atoms with Crippen molar-refractivity contribution < 1.29 is 14.3 Å². The second-order valence-electron chi connectivity index (χ2n) is 8.95. The number of nitrogens with zero attached hydrogens (tertiary/aromatic N) is 3. The molecule has 0 saturated heterocycles. The predicted octanol–water partition coefficient (Wildman–Crippen LogP) is 6.57. The lowest BCUT2D eigenvalue weighted by molar-refractivity contribution is -0.136. The van der Waals surface area contributed by atoms with E-state index >= 15 is 0 Å². The number of carbonyl (C=O) groups excluding carboxylic acids is 1. The highest BCUT2D eigenvalue weighted by Crippen LogP contribution is 2.38. The zero-order valence-electron chi connectivity index (χ0n) is 21.3. The molecule has 1 unspecified atom stereocenters. The second kappa shape index (κ2) is 11.3. The zero-order chi connectivity index (χ0) is 26.6. The lowest BCUT2D eigenvalue weighted by Crippen LogP contribution is -2.29. The topological polar surface area (TPSA) is 78.3 Å². The Kier molecular flexibility index (Phi) is 7.72. The molecule has 1 aliphatic rings. The van der Waals surface area contributed by atoms with Crippen LogP contribution in [0.25, 0.3) is 0 Å². The van der Waals surface area contributed by atoms with E-state index in [2.05, 4.69) is 41.5 Å². The lowest BCUT2D eigenvalue weighted by Gasteiger charge is -2.28. The number of nitrogens with one attached hydrogen (secondary N) is 1. The number of thioether (sulfide) groups is 1. The summed E-state index contributed by atoms with van der Waals surface area (Å²) in [5.41, 5.74) is 5.24. The summed E-state index contributed by atoms with van der Waals surface area (Å²) in [4.78, 5) is 17.6. The molecule has 0 aliphatic carbocycles. The highest BCUT2D eigenvalue weighted by atomic mass is 35.5. The maximum Gasteiger partial charge on any atom is 0.338 e. The number of benzene rings is 3.